The van der Waals surface area contributed by atoms with Crippen LogP contribution in [0.1, 0.15) is 13.8 Å². The summed E-state index contributed by atoms with van der Waals surface area (Å²) in [6, 6.07) is 6.52. The summed E-state index contributed by atoms with van der Waals surface area (Å²) in [4.78, 5) is 15.9. The third-order valence-electron chi connectivity index (χ3n) is 3.28. The zero-order chi connectivity index (χ0) is 13.1. The number of hydrogen-bond donors (Lipinski definition) is 0. The molecule has 3 nitrogen and oxygen atoms in total. The van der Waals surface area contributed by atoms with Gasteiger partial charge in [-0.1, -0.05) is 13.8 Å². The number of carbonyl (C=O) groups is 1. The maximum Gasteiger partial charge on any atom is 0.225 e. The Morgan fingerprint density at radius 1 is 1.11 bits per heavy atom. The predicted octanol–water partition coefficient (Wildman–Crippen LogP) is 2.13. The lowest BCUT2D eigenvalue weighted by Crippen LogP contribution is -2.49. The SMILES string of the molecule is CC(C)C(=O)N1CCN(c2ccc(F)cc2)CC1. The van der Waals surface area contributed by atoms with Crippen LogP contribution in [-0.2, 0) is 4.79 Å². The molecule has 0 atom stereocenters. The number of carbonyl (C=O) groups excluding carboxylic acids is 1. The van der Waals surface area contributed by atoms with Crippen molar-refractivity contribution < 1.29 is 9.18 Å². The van der Waals surface area contributed by atoms with E-state index in [9.17, 15) is 9.18 Å². The van der Waals surface area contributed by atoms with Crippen LogP contribution in [0.25, 0.3) is 0 Å². The first kappa shape index (κ1) is 12.9. The fraction of sp³-hybridized carbons (Fsp3) is 0.500. The summed E-state index contributed by atoms with van der Waals surface area (Å²) >= 11 is 0. The Labute approximate surface area is 107 Å². The molecule has 0 unspecified atom stereocenters. The van der Waals surface area contributed by atoms with E-state index in [0.717, 1.165) is 31.9 Å². The molecule has 0 aliphatic carbocycles. The molecule has 0 bridgehead atoms. The number of nitrogens with zero attached hydrogens (tertiary/aromatic N) is 2. The van der Waals surface area contributed by atoms with Crippen LogP contribution in [0.2, 0.25) is 0 Å². The van der Waals surface area contributed by atoms with Gasteiger partial charge in [0.2, 0.25) is 5.91 Å². The van der Waals surface area contributed by atoms with Crippen molar-refractivity contribution in [3.63, 3.8) is 0 Å². The molecule has 1 aliphatic rings. The molecule has 1 aliphatic heterocycles. The van der Waals surface area contributed by atoms with Crippen LogP contribution >= 0.6 is 0 Å². The first-order valence-electron chi connectivity index (χ1n) is 6.37. The average molecular weight is 250 g/mol. The van der Waals surface area contributed by atoms with Crippen molar-refractivity contribution in [1.29, 1.82) is 0 Å². The normalized spacial score (nSPS) is 16.2. The van der Waals surface area contributed by atoms with Crippen molar-refractivity contribution in [2.75, 3.05) is 31.1 Å². The van der Waals surface area contributed by atoms with E-state index in [2.05, 4.69) is 4.90 Å². The minimum Gasteiger partial charge on any atom is -0.368 e. The molecule has 1 heterocycles. The summed E-state index contributed by atoms with van der Waals surface area (Å²) in [6.07, 6.45) is 0. The first-order chi connectivity index (χ1) is 8.58. The van der Waals surface area contributed by atoms with Crippen molar-refractivity contribution in [1.82, 2.24) is 4.90 Å². The number of hydrogen-bond acceptors (Lipinski definition) is 2. The second kappa shape index (κ2) is 5.38. The molecule has 1 saturated heterocycles. The van der Waals surface area contributed by atoms with E-state index in [1.807, 2.05) is 18.7 Å². The highest BCUT2D eigenvalue weighted by Crippen LogP contribution is 2.17. The van der Waals surface area contributed by atoms with Gasteiger partial charge in [0.25, 0.3) is 0 Å². The van der Waals surface area contributed by atoms with Gasteiger partial charge in [0.05, 0.1) is 0 Å². The van der Waals surface area contributed by atoms with E-state index in [1.54, 1.807) is 12.1 Å². The Morgan fingerprint density at radius 2 is 1.67 bits per heavy atom. The predicted molar refractivity (Wildman–Crippen MR) is 70.0 cm³/mol. The Bertz CT molecular complexity index is 408. The van der Waals surface area contributed by atoms with Gasteiger partial charge in [-0.15, -0.1) is 0 Å². The van der Waals surface area contributed by atoms with Crippen molar-refractivity contribution in [3.05, 3.63) is 30.1 Å². The number of amides is 1. The zero-order valence-corrected chi connectivity index (χ0v) is 10.9. The monoisotopic (exact) mass is 250 g/mol. The van der Waals surface area contributed by atoms with Crippen LogP contribution in [0.5, 0.6) is 0 Å². The quantitative estimate of drug-likeness (QED) is 0.802. The summed E-state index contributed by atoms with van der Waals surface area (Å²) in [5.41, 5.74) is 1.02. The van der Waals surface area contributed by atoms with Gasteiger partial charge in [-0.2, -0.15) is 0 Å². The van der Waals surface area contributed by atoms with E-state index >= 15 is 0 Å². The van der Waals surface area contributed by atoms with Crippen LogP contribution < -0.4 is 4.90 Å². The largest absolute Gasteiger partial charge is 0.368 e. The fourth-order valence-corrected chi connectivity index (χ4v) is 2.20. The lowest BCUT2D eigenvalue weighted by Gasteiger charge is -2.36. The second-order valence-electron chi connectivity index (χ2n) is 4.94. The maximum absolute atomic E-state index is 12.8. The molecule has 98 valence electrons. The third kappa shape index (κ3) is 2.81. The van der Waals surface area contributed by atoms with E-state index in [0.29, 0.717) is 0 Å². The second-order valence-corrected chi connectivity index (χ2v) is 4.94. The molecular weight excluding hydrogens is 231 g/mol. The van der Waals surface area contributed by atoms with Crippen LogP contribution in [0.3, 0.4) is 0 Å². The van der Waals surface area contributed by atoms with Gasteiger partial charge in [0.1, 0.15) is 5.82 Å². The highest BCUT2D eigenvalue weighted by atomic mass is 19.1. The molecule has 1 aromatic carbocycles. The van der Waals surface area contributed by atoms with Crippen molar-refractivity contribution in [2.45, 2.75) is 13.8 Å². The summed E-state index contributed by atoms with van der Waals surface area (Å²) in [6.45, 7) is 6.96. The lowest BCUT2D eigenvalue weighted by molar-refractivity contribution is -0.134. The van der Waals surface area contributed by atoms with E-state index in [-0.39, 0.29) is 17.6 Å². The Balaban J connectivity index is 1.94. The number of piperazine rings is 1. The molecule has 18 heavy (non-hydrogen) atoms. The van der Waals surface area contributed by atoms with Gasteiger partial charge in [0, 0.05) is 37.8 Å². The first-order valence-corrected chi connectivity index (χ1v) is 6.37. The highest BCUT2D eigenvalue weighted by Gasteiger charge is 2.22. The van der Waals surface area contributed by atoms with Gasteiger partial charge in [-0.05, 0) is 24.3 Å². The minimum atomic E-state index is -0.215. The van der Waals surface area contributed by atoms with Crippen LogP contribution in [0.4, 0.5) is 10.1 Å². The van der Waals surface area contributed by atoms with Gasteiger partial charge < -0.3 is 9.80 Å². The molecule has 0 radical (unpaired) electrons. The lowest BCUT2D eigenvalue weighted by atomic mass is 10.1. The number of benzene rings is 1. The molecule has 1 fully saturated rings. The average Bonchev–Trinajstić information content (AvgIpc) is 2.39. The van der Waals surface area contributed by atoms with Gasteiger partial charge >= 0.3 is 0 Å². The minimum absolute atomic E-state index is 0.0578. The Kier molecular flexibility index (Phi) is 3.84. The van der Waals surface area contributed by atoms with Crippen molar-refractivity contribution in [3.8, 4) is 0 Å². The number of rotatable bonds is 2. The Morgan fingerprint density at radius 3 is 2.17 bits per heavy atom. The summed E-state index contributed by atoms with van der Waals surface area (Å²) in [7, 11) is 0. The molecule has 0 N–H and O–H groups in total. The van der Waals surface area contributed by atoms with Crippen molar-refractivity contribution in [2.24, 2.45) is 5.92 Å². The Hall–Kier alpha value is -1.58. The third-order valence-corrected chi connectivity index (χ3v) is 3.28. The van der Waals surface area contributed by atoms with E-state index < -0.39 is 0 Å². The number of halogens is 1. The van der Waals surface area contributed by atoms with E-state index in [4.69, 9.17) is 0 Å². The van der Waals surface area contributed by atoms with Gasteiger partial charge in [-0.25, -0.2) is 4.39 Å². The highest BCUT2D eigenvalue weighted by molar-refractivity contribution is 5.78. The molecule has 2 rings (SSSR count). The molecule has 1 aromatic rings. The van der Waals surface area contributed by atoms with Crippen LogP contribution in [-0.4, -0.2) is 37.0 Å². The fourth-order valence-electron chi connectivity index (χ4n) is 2.20. The molecule has 0 spiro atoms. The van der Waals surface area contributed by atoms with Crippen molar-refractivity contribution >= 4 is 11.6 Å². The number of anilines is 1. The molecule has 4 heteroatoms. The van der Waals surface area contributed by atoms with E-state index in [1.165, 1.54) is 12.1 Å². The van der Waals surface area contributed by atoms with Crippen LogP contribution in [0.15, 0.2) is 24.3 Å². The van der Waals surface area contributed by atoms with Gasteiger partial charge in [-0.3, -0.25) is 4.79 Å². The smallest absolute Gasteiger partial charge is 0.225 e. The summed E-state index contributed by atoms with van der Waals surface area (Å²) in [5.74, 6) is 0.0588. The standard InChI is InChI=1S/C14H19FN2O/c1-11(2)14(18)17-9-7-16(8-10-17)13-5-3-12(15)4-6-13/h3-6,11H,7-10H2,1-2H3. The molecule has 0 saturated carbocycles. The summed E-state index contributed by atoms with van der Waals surface area (Å²) in [5, 5.41) is 0. The molecule has 0 aromatic heterocycles. The topological polar surface area (TPSA) is 23.6 Å². The zero-order valence-electron chi connectivity index (χ0n) is 10.9. The summed E-state index contributed by atoms with van der Waals surface area (Å²) < 4.78 is 12.8. The molecule has 1 amide bonds. The van der Waals surface area contributed by atoms with Crippen LogP contribution in [0, 0.1) is 11.7 Å². The molecular formula is C14H19FN2O. The van der Waals surface area contributed by atoms with Gasteiger partial charge in [0.15, 0.2) is 0 Å². The maximum atomic E-state index is 12.8.